The molecule has 1 heterocycles. The number of para-hydroxylation sites is 1. The zero-order valence-electron chi connectivity index (χ0n) is 14.1. The van der Waals surface area contributed by atoms with Crippen LogP contribution in [0.5, 0.6) is 0 Å². The highest BCUT2D eigenvalue weighted by atomic mass is 16.5. The minimum atomic E-state index is -0.245. The van der Waals surface area contributed by atoms with Crippen LogP contribution in [-0.4, -0.2) is 34.6 Å². The number of rotatable bonds is 7. The Bertz CT molecular complexity index is 816. The molecule has 0 radical (unpaired) electrons. The Morgan fingerprint density at radius 2 is 1.76 bits per heavy atom. The molecule has 6 heteroatoms. The summed E-state index contributed by atoms with van der Waals surface area (Å²) in [5, 5.41) is 11.1. The summed E-state index contributed by atoms with van der Waals surface area (Å²) < 4.78 is 6.87. The van der Waals surface area contributed by atoms with E-state index in [9.17, 15) is 4.79 Å². The second-order valence-corrected chi connectivity index (χ2v) is 5.56. The van der Waals surface area contributed by atoms with Crippen molar-refractivity contribution < 1.29 is 9.53 Å². The number of carbonyl (C=O) groups is 1. The van der Waals surface area contributed by atoms with E-state index in [1.54, 1.807) is 11.8 Å². The van der Waals surface area contributed by atoms with Gasteiger partial charge in [-0.3, -0.25) is 4.79 Å². The molecule has 0 aliphatic heterocycles. The number of nitrogens with zero attached hydrogens (tertiary/aromatic N) is 3. The van der Waals surface area contributed by atoms with Crippen LogP contribution >= 0.6 is 0 Å². The molecule has 3 rings (SSSR count). The number of nitrogens with one attached hydrogen (secondary N) is 1. The first kappa shape index (κ1) is 16.9. The van der Waals surface area contributed by atoms with Gasteiger partial charge in [0, 0.05) is 13.7 Å². The highest BCUT2D eigenvalue weighted by molar-refractivity contribution is 5.93. The van der Waals surface area contributed by atoms with Crippen LogP contribution in [0.15, 0.2) is 60.7 Å². The lowest BCUT2D eigenvalue weighted by molar-refractivity contribution is 0.0943. The van der Waals surface area contributed by atoms with E-state index in [0.29, 0.717) is 17.9 Å². The molecule has 1 N–H and O–H groups in total. The van der Waals surface area contributed by atoms with Crippen molar-refractivity contribution in [1.29, 1.82) is 0 Å². The standard InChI is InChI=1S/C19H20N4O2/c1-25-14-17-18(21-22-23(17)16-10-6-3-7-11-16)19(24)20-13-12-15-8-4-2-5-9-15/h2-11H,12-14H2,1H3,(H,20,24). The summed E-state index contributed by atoms with van der Waals surface area (Å²) in [7, 11) is 1.58. The van der Waals surface area contributed by atoms with Crippen molar-refractivity contribution in [2.75, 3.05) is 13.7 Å². The van der Waals surface area contributed by atoms with E-state index in [2.05, 4.69) is 15.6 Å². The molecule has 0 saturated heterocycles. The minimum absolute atomic E-state index is 0.245. The van der Waals surface area contributed by atoms with Crippen molar-refractivity contribution >= 4 is 5.91 Å². The molecule has 0 fully saturated rings. The van der Waals surface area contributed by atoms with E-state index in [-0.39, 0.29) is 12.5 Å². The van der Waals surface area contributed by atoms with Gasteiger partial charge in [-0.2, -0.15) is 0 Å². The number of aromatic nitrogens is 3. The van der Waals surface area contributed by atoms with Crippen LogP contribution in [-0.2, 0) is 17.8 Å². The maximum atomic E-state index is 12.5. The number of benzene rings is 2. The molecule has 6 nitrogen and oxygen atoms in total. The topological polar surface area (TPSA) is 69.0 Å². The first-order valence-electron chi connectivity index (χ1n) is 8.10. The smallest absolute Gasteiger partial charge is 0.273 e. The van der Waals surface area contributed by atoms with E-state index in [1.807, 2.05) is 60.7 Å². The summed E-state index contributed by atoms with van der Waals surface area (Å²) in [5.74, 6) is -0.245. The Morgan fingerprint density at radius 1 is 1.08 bits per heavy atom. The van der Waals surface area contributed by atoms with Crippen LogP contribution in [0.4, 0.5) is 0 Å². The molecule has 0 saturated carbocycles. The van der Waals surface area contributed by atoms with Crippen LogP contribution in [0.2, 0.25) is 0 Å². The molecular formula is C19H20N4O2. The van der Waals surface area contributed by atoms with Crippen LogP contribution in [0, 0.1) is 0 Å². The van der Waals surface area contributed by atoms with Crippen LogP contribution in [0.1, 0.15) is 21.7 Å². The molecule has 0 unspecified atom stereocenters. The average molecular weight is 336 g/mol. The molecular weight excluding hydrogens is 316 g/mol. The van der Waals surface area contributed by atoms with Gasteiger partial charge in [-0.1, -0.05) is 53.7 Å². The van der Waals surface area contributed by atoms with E-state index in [4.69, 9.17) is 4.74 Å². The van der Waals surface area contributed by atoms with Crippen LogP contribution in [0.25, 0.3) is 5.69 Å². The summed E-state index contributed by atoms with van der Waals surface area (Å²) in [4.78, 5) is 12.5. The first-order valence-corrected chi connectivity index (χ1v) is 8.10. The van der Waals surface area contributed by atoms with Crippen molar-refractivity contribution in [2.24, 2.45) is 0 Å². The third-order valence-corrected chi connectivity index (χ3v) is 3.80. The molecule has 1 aromatic heterocycles. The van der Waals surface area contributed by atoms with Gasteiger partial charge in [0.05, 0.1) is 12.3 Å². The number of hydrogen-bond donors (Lipinski definition) is 1. The van der Waals surface area contributed by atoms with Crippen LogP contribution in [0.3, 0.4) is 0 Å². The summed E-state index contributed by atoms with van der Waals surface area (Å²) in [6.45, 7) is 0.788. The summed E-state index contributed by atoms with van der Waals surface area (Å²) >= 11 is 0. The maximum absolute atomic E-state index is 12.5. The maximum Gasteiger partial charge on any atom is 0.273 e. The largest absolute Gasteiger partial charge is 0.378 e. The van der Waals surface area contributed by atoms with E-state index >= 15 is 0 Å². The lowest BCUT2D eigenvalue weighted by Gasteiger charge is -2.08. The quantitative estimate of drug-likeness (QED) is 0.719. The average Bonchev–Trinajstić information content (AvgIpc) is 3.07. The van der Waals surface area contributed by atoms with Gasteiger partial charge >= 0.3 is 0 Å². The fraction of sp³-hybridized carbons (Fsp3) is 0.211. The number of hydrogen-bond acceptors (Lipinski definition) is 4. The molecule has 2 aromatic carbocycles. The third-order valence-electron chi connectivity index (χ3n) is 3.80. The lowest BCUT2D eigenvalue weighted by atomic mass is 10.1. The molecule has 0 spiro atoms. The fourth-order valence-corrected chi connectivity index (χ4v) is 2.57. The number of ether oxygens (including phenoxy) is 1. The molecule has 0 aliphatic carbocycles. The fourth-order valence-electron chi connectivity index (χ4n) is 2.57. The zero-order valence-corrected chi connectivity index (χ0v) is 14.1. The summed E-state index contributed by atoms with van der Waals surface area (Å²) in [6.07, 6.45) is 0.763. The highest BCUT2D eigenvalue weighted by Gasteiger charge is 2.20. The van der Waals surface area contributed by atoms with Gasteiger partial charge in [0.15, 0.2) is 5.69 Å². The van der Waals surface area contributed by atoms with Gasteiger partial charge in [-0.15, -0.1) is 5.10 Å². The number of amides is 1. The van der Waals surface area contributed by atoms with Gasteiger partial charge in [-0.05, 0) is 24.1 Å². The van der Waals surface area contributed by atoms with Crippen molar-refractivity contribution in [3.63, 3.8) is 0 Å². The van der Waals surface area contributed by atoms with Gasteiger partial charge in [-0.25, -0.2) is 4.68 Å². The minimum Gasteiger partial charge on any atom is -0.378 e. The highest BCUT2D eigenvalue weighted by Crippen LogP contribution is 2.14. The first-order chi connectivity index (χ1) is 12.3. The molecule has 0 bridgehead atoms. The Hall–Kier alpha value is -2.99. The van der Waals surface area contributed by atoms with E-state index < -0.39 is 0 Å². The van der Waals surface area contributed by atoms with Crippen molar-refractivity contribution in [3.05, 3.63) is 77.6 Å². The monoisotopic (exact) mass is 336 g/mol. The van der Waals surface area contributed by atoms with Crippen molar-refractivity contribution in [3.8, 4) is 5.69 Å². The zero-order chi connectivity index (χ0) is 17.5. The van der Waals surface area contributed by atoms with Gasteiger partial charge in [0.25, 0.3) is 5.91 Å². The second-order valence-electron chi connectivity index (χ2n) is 5.56. The van der Waals surface area contributed by atoms with Crippen molar-refractivity contribution in [1.82, 2.24) is 20.3 Å². The normalized spacial score (nSPS) is 10.6. The molecule has 1 amide bonds. The van der Waals surface area contributed by atoms with Crippen LogP contribution < -0.4 is 5.32 Å². The molecule has 128 valence electrons. The second kappa shape index (κ2) is 8.21. The predicted molar refractivity (Wildman–Crippen MR) is 94.6 cm³/mol. The summed E-state index contributed by atoms with van der Waals surface area (Å²) in [6, 6.07) is 19.6. The van der Waals surface area contributed by atoms with Crippen molar-refractivity contribution in [2.45, 2.75) is 13.0 Å². The predicted octanol–water partition coefficient (Wildman–Crippen LogP) is 2.39. The molecule has 0 atom stereocenters. The van der Waals surface area contributed by atoms with Gasteiger partial charge < -0.3 is 10.1 Å². The molecule has 0 aliphatic rings. The SMILES string of the molecule is COCc1c(C(=O)NCCc2ccccc2)nnn1-c1ccccc1. The Kier molecular flexibility index (Phi) is 5.53. The Morgan fingerprint density at radius 3 is 2.44 bits per heavy atom. The Balaban J connectivity index is 1.72. The summed E-state index contributed by atoms with van der Waals surface area (Å²) in [5.41, 5.74) is 2.93. The van der Waals surface area contributed by atoms with E-state index in [0.717, 1.165) is 12.1 Å². The number of methoxy groups -OCH3 is 1. The molecule has 3 aromatic rings. The Labute approximate surface area is 146 Å². The molecule has 25 heavy (non-hydrogen) atoms. The number of carbonyl (C=O) groups excluding carboxylic acids is 1. The van der Waals surface area contributed by atoms with E-state index in [1.165, 1.54) is 5.56 Å². The van der Waals surface area contributed by atoms with Gasteiger partial charge in [0.2, 0.25) is 0 Å². The third kappa shape index (κ3) is 4.10. The van der Waals surface area contributed by atoms with Gasteiger partial charge in [0.1, 0.15) is 5.69 Å². The lowest BCUT2D eigenvalue weighted by Crippen LogP contribution is -2.27.